The van der Waals surface area contributed by atoms with Gasteiger partial charge in [-0.2, -0.15) is 0 Å². The Labute approximate surface area is 97.2 Å². The number of rotatable bonds is 5. The smallest absolute Gasteiger partial charge is 0.237 e. The van der Waals surface area contributed by atoms with Gasteiger partial charge in [0.2, 0.25) is 12.2 Å². The molecule has 91 valence electrons. The fourth-order valence-electron chi connectivity index (χ4n) is 2.12. The first-order chi connectivity index (χ1) is 7.69. The van der Waals surface area contributed by atoms with Crippen LogP contribution < -0.4 is 10.6 Å². The molecule has 0 heterocycles. The number of hydrogen-bond donors (Lipinski definition) is 2. The van der Waals surface area contributed by atoms with Crippen LogP contribution in [0.3, 0.4) is 0 Å². The second kappa shape index (κ2) is 6.63. The van der Waals surface area contributed by atoms with Gasteiger partial charge in [0.15, 0.2) is 0 Å². The highest BCUT2D eigenvalue weighted by Crippen LogP contribution is 2.25. The summed E-state index contributed by atoms with van der Waals surface area (Å²) in [6, 6.07) is -0.692. The maximum atomic E-state index is 11.6. The first kappa shape index (κ1) is 13.2. The van der Waals surface area contributed by atoms with E-state index in [1.54, 1.807) is 14.0 Å². The average Bonchev–Trinajstić information content (AvgIpc) is 2.35. The molecule has 0 aromatic heterocycles. The molecule has 1 aliphatic carbocycles. The predicted octanol–water partition coefficient (Wildman–Crippen LogP) is 0.769. The summed E-state index contributed by atoms with van der Waals surface area (Å²) in [5, 5.41) is 5.62. The summed E-state index contributed by atoms with van der Waals surface area (Å²) in [6.45, 7) is 1.78. The zero-order chi connectivity index (χ0) is 12.0. The first-order valence-corrected chi connectivity index (χ1v) is 6.04. The lowest BCUT2D eigenvalue weighted by molar-refractivity contribution is -0.123. The lowest BCUT2D eigenvalue weighted by atomic mass is 9.84. The molecule has 0 saturated heterocycles. The predicted molar refractivity (Wildman–Crippen MR) is 62.7 cm³/mol. The molecule has 2 N–H and O–H groups in total. The Bertz CT molecular complexity index is 237. The molecule has 1 aliphatic rings. The van der Waals surface area contributed by atoms with Crippen molar-refractivity contribution in [3.8, 4) is 0 Å². The van der Waals surface area contributed by atoms with Crippen molar-refractivity contribution < 1.29 is 9.59 Å². The minimum atomic E-state index is -0.427. The summed E-state index contributed by atoms with van der Waals surface area (Å²) >= 11 is 0. The fraction of sp³-hybridized carbons (Fsp3) is 0.833. The number of nitrogens with one attached hydrogen (secondary N) is 2. The van der Waals surface area contributed by atoms with Crippen LogP contribution in [0.25, 0.3) is 0 Å². The van der Waals surface area contributed by atoms with E-state index in [1.165, 1.54) is 6.42 Å². The largest absolute Gasteiger partial charge is 0.344 e. The summed E-state index contributed by atoms with van der Waals surface area (Å²) in [4.78, 5) is 22.5. The maximum absolute atomic E-state index is 11.6. The summed E-state index contributed by atoms with van der Waals surface area (Å²) < 4.78 is 0. The number of hydrogen-bond acceptors (Lipinski definition) is 3. The molecule has 4 nitrogen and oxygen atoms in total. The van der Waals surface area contributed by atoms with E-state index in [4.69, 9.17) is 0 Å². The summed E-state index contributed by atoms with van der Waals surface area (Å²) in [6.07, 6.45) is 7.56. The van der Waals surface area contributed by atoms with Crippen molar-refractivity contribution >= 4 is 12.2 Å². The molecule has 0 aromatic carbocycles. The summed E-state index contributed by atoms with van der Waals surface area (Å²) in [7, 11) is 1.73. The molecule has 0 aromatic rings. The summed E-state index contributed by atoms with van der Waals surface area (Å²) in [5.74, 6) is 0.153. The van der Waals surface area contributed by atoms with Crippen molar-refractivity contribution in [1.82, 2.24) is 10.6 Å². The van der Waals surface area contributed by atoms with Crippen molar-refractivity contribution in [3.05, 3.63) is 0 Å². The Balaban J connectivity index is 2.47. The summed E-state index contributed by atoms with van der Waals surface area (Å²) in [5.41, 5.74) is 0. The van der Waals surface area contributed by atoms with E-state index in [1.807, 2.05) is 6.29 Å². The van der Waals surface area contributed by atoms with Crippen LogP contribution in [-0.4, -0.2) is 31.3 Å². The lowest BCUT2D eigenvalue weighted by Crippen LogP contribution is -2.48. The van der Waals surface area contributed by atoms with Gasteiger partial charge in [0.05, 0.1) is 12.1 Å². The van der Waals surface area contributed by atoms with Crippen LogP contribution in [0, 0.1) is 5.92 Å². The van der Waals surface area contributed by atoms with Crippen molar-refractivity contribution in [3.63, 3.8) is 0 Å². The quantitative estimate of drug-likeness (QED) is 0.726. The third-order valence-corrected chi connectivity index (χ3v) is 3.37. The van der Waals surface area contributed by atoms with Crippen molar-refractivity contribution in [2.75, 3.05) is 7.05 Å². The third kappa shape index (κ3) is 3.59. The highest BCUT2D eigenvalue weighted by molar-refractivity contribution is 5.84. The standard InChI is InChI=1S/C12H21N2O2/c1-9(13-2)12(16)14-11(8-15)10-6-4-3-5-7-10/h9-11,13H,3-7H2,1-2H3,(H,14,16). The normalized spacial score (nSPS) is 21.1. The number of amides is 1. The van der Waals surface area contributed by atoms with Gasteiger partial charge in [-0.1, -0.05) is 19.3 Å². The molecule has 0 bridgehead atoms. The van der Waals surface area contributed by atoms with Gasteiger partial charge in [0.1, 0.15) is 0 Å². The Morgan fingerprint density at radius 2 is 1.94 bits per heavy atom. The van der Waals surface area contributed by atoms with E-state index in [0.29, 0.717) is 0 Å². The molecule has 16 heavy (non-hydrogen) atoms. The van der Waals surface area contributed by atoms with Crippen LogP contribution in [-0.2, 0) is 9.59 Å². The Morgan fingerprint density at radius 1 is 1.31 bits per heavy atom. The molecular weight excluding hydrogens is 204 g/mol. The highest BCUT2D eigenvalue weighted by Gasteiger charge is 2.26. The van der Waals surface area contributed by atoms with Crippen LogP contribution >= 0.6 is 0 Å². The second-order valence-corrected chi connectivity index (χ2v) is 4.51. The Hall–Kier alpha value is -0.900. The van der Waals surface area contributed by atoms with Crippen LogP contribution in [0.2, 0.25) is 0 Å². The van der Waals surface area contributed by atoms with Gasteiger partial charge in [-0.25, -0.2) is 0 Å². The molecule has 0 spiro atoms. The first-order valence-electron chi connectivity index (χ1n) is 6.04. The Morgan fingerprint density at radius 3 is 2.44 bits per heavy atom. The van der Waals surface area contributed by atoms with Gasteiger partial charge in [0, 0.05) is 0 Å². The van der Waals surface area contributed by atoms with Crippen molar-refractivity contribution in [1.29, 1.82) is 0 Å². The maximum Gasteiger partial charge on any atom is 0.237 e. The molecule has 1 saturated carbocycles. The van der Waals surface area contributed by atoms with E-state index in [9.17, 15) is 9.59 Å². The molecule has 1 amide bonds. The lowest BCUT2D eigenvalue weighted by Gasteiger charge is -2.27. The monoisotopic (exact) mass is 225 g/mol. The van der Waals surface area contributed by atoms with Crippen molar-refractivity contribution in [2.24, 2.45) is 5.92 Å². The fourth-order valence-corrected chi connectivity index (χ4v) is 2.12. The molecular formula is C12H21N2O2. The number of carbonyl (C=O) groups excluding carboxylic acids is 2. The molecule has 2 unspecified atom stereocenters. The third-order valence-electron chi connectivity index (χ3n) is 3.37. The van der Waals surface area contributed by atoms with E-state index in [-0.39, 0.29) is 17.9 Å². The van der Waals surface area contributed by atoms with Crippen LogP contribution in [0.4, 0.5) is 0 Å². The van der Waals surface area contributed by atoms with Crippen molar-refractivity contribution in [2.45, 2.75) is 51.1 Å². The second-order valence-electron chi connectivity index (χ2n) is 4.51. The minimum absolute atomic E-state index is 0.124. The van der Waals surface area contributed by atoms with E-state index in [2.05, 4.69) is 10.6 Å². The van der Waals surface area contributed by atoms with Gasteiger partial charge in [-0.15, -0.1) is 0 Å². The zero-order valence-electron chi connectivity index (χ0n) is 10.1. The Kier molecular flexibility index (Phi) is 5.46. The molecule has 1 radical (unpaired) electrons. The van der Waals surface area contributed by atoms with Gasteiger partial charge in [-0.05, 0) is 32.7 Å². The topological polar surface area (TPSA) is 58.2 Å². The van der Waals surface area contributed by atoms with E-state index >= 15 is 0 Å². The number of likely N-dealkylation sites (N-methyl/N-ethyl adjacent to an activating group) is 1. The van der Waals surface area contributed by atoms with Gasteiger partial charge >= 0.3 is 0 Å². The number of carbonyl (C=O) groups is 1. The molecule has 2 atom stereocenters. The minimum Gasteiger partial charge on any atom is -0.344 e. The zero-order valence-corrected chi connectivity index (χ0v) is 10.1. The molecule has 4 heteroatoms. The molecule has 1 rings (SSSR count). The van der Waals surface area contributed by atoms with Gasteiger partial charge in [-0.3, -0.25) is 9.59 Å². The highest BCUT2D eigenvalue weighted by atomic mass is 16.2. The van der Waals surface area contributed by atoms with E-state index in [0.717, 1.165) is 25.7 Å². The van der Waals surface area contributed by atoms with Crippen LogP contribution in [0.5, 0.6) is 0 Å². The average molecular weight is 225 g/mol. The molecule has 1 fully saturated rings. The van der Waals surface area contributed by atoms with Gasteiger partial charge < -0.3 is 10.6 Å². The SMILES string of the molecule is CNC(C)C(=O)NC([C]=O)C1CCCCC1. The molecule has 0 aliphatic heterocycles. The van der Waals surface area contributed by atoms with Crippen LogP contribution in [0.15, 0.2) is 0 Å². The van der Waals surface area contributed by atoms with E-state index < -0.39 is 6.04 Å². The van der Waals surface area contributed by atoms with Gasteiger partial charge in [0.25, 0.3) is 0 Å². The van der Waals surface area contributed by atoms with Crippen LogP contribution in [0.1, 0.15) is 39.0 Å².